The molecule has 24 heavy (non-hydrogen) atoms. The molecule has 0 spiro atoms. The van der Waals surface area contributed by atoms with Gasteiger partial charge in [0, 0.05) is 11.7 Å². The van der Waals surface area contributed by atoms with E-state index in [-0.39, 0.29) is 5.91 Å². The predicted octanol–water partition coefficient (Wildman–Crippen LogP) is 3.89. The maximum Gasteiger partial charge on any atom is 0.238 e. The number of para-hydroxylation sites is 1. The monoisotopic (exact) mass is 322 g/mol. The Morgan fingerprint density at radius 3 is 2.54 bits per heavy atom. The van der Waals surface area contributed by atoms with Gasteiger partial charge in [-0.25, -0.2) is 0 Å². The molecule has 1 atom stereocenters. The Hall–Kier alpha value is -2.13. The number of amides is 1. The number of fused-ring (bicyclic) bond motifs is 1. The van der Waals surface area contributed by atoms with Crippen LogP contribution in [0, 0.1) is 0 Å². The molecule has 0 saturated carbocycles. The van der Waals surface area contributed by atoms with E-state index in [4.69, 9.17) is 0 Å². The highest BCUT2D eigenvalue weighted by molar-refractivity contribution is 5.92. The van der Waals surface area contributed by atoms with Gasteiger partial charge in [0.2, 0.25) is 5.91 Å². The van der Waals surface area contributed by atoms with Crippen LogP contribution in [0.1, 0.15) is 30.9 Å². The normalized spacial score (nSPS) is 16.7. The summed E-state index contributed by atoms with van der Waals surface area (Å²) in [5.41, 5.74) is 3.78. The van der Waals surface area contributed by atoms with Crippen molar-refractivity contribution in [3.05, 3.63) is 65.7 Å². The van der Waals surface area contributed by atoms with Crippen molar-refractivity contribution in [1.29, 1.82) is 0 Å². The lowest BCUT2D eigenvalue weighted by Crippen LogP contribution is -2.44. The summed E-state index contributed by atoms with van der Waals surface area (Å²) < 4.78 is 0. The lowest BCUT2D eigenvalue weighted by molar-refractivity contribution is -0.118. The van der Waals surface area contributed by atoms with Gasteiger partial charge in [-0.1, -0.05) is 49.4 Å². The maximum absolute atomic E-state index is 12.4. The zero-order valence-electron chi connectivity index (χ0n) is 14.4. The zero-order chi connectivity index (χ0) is 16.8. The minimum Gasteiger partial charge on any atom is -0.325 e. The second-order valence-corrected chi connectivity index (χ2v) is 6.55. The Morgan fingerprint density at radius 2 is 1.79 bits per heavy atom. The average Bonchev–Trinajstić information content (AvgIpc) is 2.62. The molecule has 126 valence electrons. The van der Waals surface area contributed by atoms with E-state index in [1.54, 1.807) is 0 Å². The van der Waals surface area contributed by atoms with Crippen LogP contribution in [0.25, 0.3) is 0 Å². The fourth-order valence-corrected chi connectivity index (χ4v) is 3.57. The number of carbonyl (C=O) groups excluding carboxylic acids is 1. The molecule has 1 amide bonds. The zero-order valence-corrected chi connectivity index (χ0v) is 14.4. The van der Waals surface area contributed by atoms with Crippen molar-refractivity contribution in [2.75, 3.05) is 18.4 Å². The van der Waals surface area contributed by atoms with Crippen molar-refractivity contribution in [2.45, 2.75) is 38.6 Å². The van der Waals surface area contributed by atoms with Gasteiger partial charge in [-0.05, 0) is 55.5 Å². The van der Waals surface area contributed by atoms with Crippen LogP contribution in [0.2, 0.25) is 0 Å². The van der Waals surface area contributed by atoms with E-state index in [0.29, 0.717) is 12.6 Å². The number of hydrogen-bond acceptors (Lipinski definition) is 2. The molecular formula is C21H26N2O. The fraction of sp³-hybridized carbons (Fsp3) is 0.381. The lowest BCUT2D eigenvalue weighted by Gasteiger charge is -2.34. The van der Waals surface area contributed by atoms with E-state index in [1.165, 1.54) is 11.1 Å². The molecule has 3 nitrogen and oxygen atoms in total. The highest BCUT2D eigenvalue weighted by Gasteiger charge is 2.25. The molecule has 0 fully saturated rings. The second kappa shape index (κ2) is 8.11. The summed E-state index contributed by atoms with van der Waals surface area (Å²) in [6.45, 7) is 3.61. The first kappa shape index (κ1) is 16.7. The van der Waals surface area contributed by atoms with Crippen LogP contribution in [0.4, 0.5) is 5.69 Å². The Bertz CT molecular complexity index is 669. The van der Waals surface area contributed by atoms with Crippen molar-refractivity contribution < 1.29 is 4.79 Å². The van der Waals surface area contributed by atoms with E-state index in [9.17, 15) is 4.79 Å². The van der Waals surface area contributed by atoms with E-state index in [2.05, 4.69) is 41.4 Å². The number of rotatable bonds is 6. The third-order valence-corrected chi connectivity index (χ3v) is 4.75. The fourth-order valence-electron chi connectivity index (χ4n) is 3.57. The molecule has 2 aromatic carbocycles. The molecule has 0 aliphatic heterocycles. The molecule has 1 unspecified atom stereocenters. The van der Waals surface area contributed by atoms with Gasteiger partial charge in [0.15, 0.2) is 0 Å². The molecule has 3 rings (SSSR count). The van der Waals surface area contributed by atoms with Gasteiger partial charge in [0.05, 0.1) is 6.54 Å². The van der Waals surface area contributed by atoms with Gasteiger partial charge < -0.3 is 5.32 Å². The van der Waals surface area contributed by atoms with Crippen molar-refractivity contribution in [1.82, 2.24) is 4.90 Å². The molecule has 1 aliphatic carbocycles. The summed E-state index contributed by atoms with van der Waals surface area (Å²) in [6, 6.07) is 18.9. The Morgan fingerprint density at radius 1 is 1.08 bits per heavy atom. The molecule has 0 radical (unpaired) electrons. The number of benzene rings is 2. The number of carbonyl (C=O) groups is 1. The van der Waals surface area contributed by atoms with Crippen molar-refractivity contribution in [3.8, 4) is 0 Å². The van der Waals surface area contributed by atoms with Crippen LogP contribution in [0.15, 0.2) is 54.6 Å². The summed E-state index contributed by atoms with van der Waals surface area (Å²) in [6.07, 6.45) is 4.36. The van der Waals surface area contributed by atoms with E-state index in [0.717, 1.165) is 37.9 Å². The molecule has 3 heteroatoms. The number of nitrogens with one attached hydrogen (secondary N) is 1. The SMILES string of the molecule is CCCN(CC(=O)Nc1ccccc1)C1CCc2ccccc2C1. The first-order valence-electron chi connectivity index (χ1n) is 8.92. The van der Waals surface area contributed by atoms with Crippen LogP contribution in [-0.2, 0) is 17.6 Å². The first-order chi connectivity index (χ1) is 11.8. The van der Waals surface area contributed by atoms with Crippen molar-refractivity contribution >= 4 is 11.6 Å². The number of hydrogen-bond donors (Lipinski definition) is 1. The minimum absolute atomic E-state index is 0.0773. The summed E-state index contributed by atoms with van der Waals surface area (Å²) in [7, 11) is 0. The third kappa shape index (κ3) is 4.24. The van der Waals surface area contributed by atoms with Crippen LogP contribution in [0.5, 0.6) is 0 Å². The van der Waals surface area contributed by atoms with Gasteiger partial charge in [-0.15, -0.1) is 0 Å². The number of aryl methyl sites for hydroxylation is 1. The molecule has 0 bridgehead atoms. The third-order valence-electron chi connectivity index (χ3n) is 4.75. The molecule has 1 aliphatic rings. The molecule has 0 saturated heterocycles. The van der Waals surface area contributed by atoms with Gasteiger partial charge >= 0.3 is 0 Å². The highest BCUT2D eigenvalue weighted by atomic mass is 16.2. The minimum atomic E-state index is 0.0773. The summed E-state index contributed by atoms with van der Waals surface area (Å²) >= 11 is 0. The number of anilines is 1. The molecular weight excluding hydrogens is 296 g/mol. The van der Waals surface area contributed by atoms with Crippen molar-refractivity contribution in [3.63, 3.8) is 0 Å². The highest BCUT2D eigenvalue weighted by Crippen LogP contribution is 2.24. The van der Waals surface area contributed by atoms with E-state index in [1.807, 2.05) is 30.3 Å². The molecule has 2 aromatic rings. The van der Waals surface area contributed by atoms with Gasteiger partial charge in [-0.3, -0.25) is 9.69 Å². The molecule has 1 N–H and O–H groups in total. The smallest absolute Gasteiger partial charge is 0.238 e. The molecule has 0 heterocycles. The quantitative estimate of drug-likeness (QED) is 0.875. The van der Waals surface area contributed by atoms with E-state index >= 15 is 0 Å². The summed E-state index contributed by atoms with van der Waals surface area (Å²) in [5.74, 6) is 0.0773. The molecule has 0 aromatic heterocycles. The Kier molecular flexibility index (Phi) is 5.65. The summed E-state index contributed by atoms with van der Waals surface area (Å²) in [5, 5.41) is 3.01. The Balaban J connectivity index is 1.63. The Labute approximate surface area is 144 Å². The van der Waals surface area contributed by atoms with Crippen LogP contribution >= 0.6 is 0 Å². The maximum atomic E-state index is 12.4. The lowest BCUT2D eigenvalue weighted by atomic mass is 9.87. The van der Waals surface area contributed by atoms with E-state index < -0.39 is 0 Å². The standard InChI is InChI=1S/C21H26N2O/c1-2-14-23(16-21(24)22-19-10-4-3-5-11-19)20-13-12-17-8-6-7-9-18(17)15-20/h3-11,20H,2,12-16H2,1H3,(H,22,24). The van der Waals surface area contributed by atoms with Crippen LogP contribution in [-0.4, -0.2) is 29.9 Å². The summed E-state index contributed by atoms with van der Waals surface area (Å²) in [4.78, 5) is 14.8. The van der Waals surface area contributed by atoms with Crippen LogP contribution in [0.3, 0.4) is 0 Å². The van der Waals surface area contributed by atoms with Gasteiger partial charge in [-0.2, -0.15) is 0 Å². The average molecular weight is 322 g/mol. The van der Waals surface area contributed by atoms with Gasteiger partial charge in [0.1, 0.15) is 0 Å². The predicted molar refractivity (Wildman–Crippen MR) is 99.2 cm³/mol. The second-order valence-electron chi connectivity index (χ2n) is 6.55. The topological polar surface area (TPSA) is 32.3 Å². The van der Waals surface area contributed by atoms with Crippen molar-refractivity contribution in [2.24, 2.45) is 0 Å². The van der Waals surface area contributed by atoms with Crippen LogP contribution < -0.4 is 5.32 Å². The first-order valence-corrected chi connectivity index (χ1v) is 8.92. The van der Waals surface area contributed by atoms with Gasteiger partial charge in [0.25, 0.3) is 0 Å². The number of nitrogens with zero attached hydrogens (tertiary/aromatic N) is 1. The largest absolute Gasteiger partial charge is 0.325 e.